The topological polar surface area (TPSA) is 45.4 Å². The second-order valence-electron chi connectivity index (χ2n) is 4.60. The summed E-state index contributed by atoms with van der Waals surface area (Å²) in [6, 6.07) is 4.18. The summed E-state index contributed by atoms with van der Waals surface area (Å²) in [4.78, 5) is 0. The van der Waals surface area contributed by atoms with Crippen LogP contribution in [0.3, 0.4) is 0 Å². The summed E-state index contributed by atoms with van der Waals surface area (Å²) < 4.78 is 5.27. The summed E-state index contributed by atoms with van der Waals surface area (Å²) in [6.07, 6.45) is 8.13. The van der Waals surface area contributed by atoms with Crippen LogP contribution in [0.15, 0.2) is 22.8 Å². The number of nitrogens with one attached hydrogen (secondary N) is 1. The monoisotopic (exact) mass is 223 g/mol. The quantitative estimate of drug-likeness (QED) is 0.768. The number of furan rings is 1. The third kappa shape index (κ3) is 3.35. The predicted octanol–water partition coefficient (Wildman–Crippen LogP) is 2.11. The maximum atomic E-state index is 9.92. The molecular weight excluding hydrogens is 202 g/mol. The SMILES string of the molecule is OC1CCCCCC1NCCc1ccco1. The van der Waals surface area contributed by atoms with Crippen molar-refractivity contribution in [3.8, 4) is 0 Å². The molecule has 1 heterocycles. The van der Waals surface area contributed by atoms with E-state index in [4.69, 9.17) is 4.42 Å². The Kier molecular flexibility index (Phi) is 4.43. The van der Waals surface area contributed by atoms with E-state index in [-0.39, 0.29) is 12.1 Å². The van der Waals surface area contributed by atoms with Crippen LogP contribution in [0.25, 0.3) is 0 Å². The van der Waals surface area contributed by atoms with Gasteiger partial charge < -0.3 is 14.8 Å². The normalized spacial score (nSPS) is 26.6. The third-order valence-corrected chi connectivity index (χ3v) is 3.34. The molecule has 1 fully saturated rings. The number of rotatable bonds is 4. The number of hydrogen-bond acceptors (Lipinski definition) is 3. The van der Waals surface area contributed by atoms with Crippen molar-refractivity contribution >= 4 is 0 Å². The molecule has 2 N–H and O–H groups in total. The van der Waals surface area contributed by atoms with E-state index in [2.05, 4.69) is 5.32 Å². The minimum Gasteiger partial charge on any atom is -0.469 e. The van der Waals surface area contributed by atoms with Gasteiger partial charge in [-0.1, -0.05) is 19.3 Å². The average molecular weight is 223 g/mol. The zero-order valence-corrected chi connectivity index (χ0v) is 9.69. The van der Waals surface area contributed by atoms with Crippen LogP contribution in [0.4, 0.5) is 0 Å². The number of aliphatic hydroxyl groups excluding tert-OH is 1. The molecule has 1 saturated carbocycles. The fourth-order valence-corrected chi connectivity index (χ4v) is 2.36. The van der Waals surface area contributed by atoms with Gasteiger partial charge in [0.15, 0.2) is 0 Å². The Morgan fingerprint density at radius 1 is 1.31 bits per heavy atom. The summed E-state index contributed by atoms with van der Waals surface area (Å²) >= 11 is 0. The highest BCUT2D eigenvalue weighted by molar-refractivity contribution is 4.98. The van der Waals surface area contributed by atoms with E-state index in [9.17, 15) is 5.11 Å². The first-order valence-corrected chi connectivity index (χ1v) is 6.30. The maximum absolute atomic E-state index is 9.92. The van der Waals surface area contributed by atoms with E-state index in [0.717, 1.165) is 38.0 Å². The summed E-state index contributed by atoms with van der Waals surface area (Å²) in [5.74, 6) is 1.01. The molecule has 1 aliphatic carbocycles. The fraction of sp³-hybridized carbons (Fsp3) is 0.692. The summed E-state index contributed by atoms with van der Waals surface area (Å²) in [5, 5.41) is 13.4. The van der Waals surface area contributed by atoms with Crippen molar-refractivity contribution in [3.63, 3.8) is 0 Å². The molecule has 0 saturated heterocycles. The smallest absolute Gasteiger partial charge is 0.105 e. The molecule has 1 aliphatic rings. The Labute approximate surface area is 96.8 Å². The van der Waals surface area contributed by atoms with Crippen molar-refractivity contribution in [1.82, 2.24) is 5.32 Å². The maximum Gasteiger partial charge on any atom is 0.105 e. The van der Waals surface area contributed by atoms with Crippen LogP contribution in [0, 0.1) is 0 Å². The average Bonchev–Trinajstić information content (AvgIpc) is 2.71. The van der Waals surface area contributed by atoms with Gasteiger partial charge in [0.05, 0.1) is 12.4 Å². The lowest BCUT2D eigenvalue weighted by atomic mass is 10.1. The van der Waals surface area contributed by atoms with Gasteiger partial charge in [-0.15, -0.1) is 0 Å². The summed E-state index contributed by atoms with van der Waals surface area (Å²) in [7, 11) is 0. The first-order chi connectivity index (χ1) is 7.86. The summed E-state index contributed by atoms with van der Waals surface area (Å²) in [6.45, 7) is 0.884. The van der Waals surface area contributed by atoms with E-state index in [1.54, 1.807) is 6.26 Å². The molecule has 3 heteroatoms. The molecule has 0 bridgehead atoms. The molecule has 0 aliphatic heterocycles. The van der Waals surface area contributed by atoms with Gasteiger partial charge in [-0.25, -0.2) is 0 Å². The van der Waals surface area contributed by atoms with E-state index in [0.29, 0.717) is 0 Å². The molecular formula is C13H21NO2. The van der Waals surface area contributed by atoms with Gasteiger partial charge in [-0.05, 0) is 25.0 Å². The van der Waals surface area contributed by atoms with E-state index in [1.807, 2.05) is 12.1 Å². The molecule has 2 unspecified atom stereocenters. The number of hydrogen-bond donors (Lipinski definition) is 2. The van der Waals surface area contributed by atoms with Crippen LogP contribution in [0.2, 0.25) is 0 Å². The van der Waals surface area contributed by atoms with Crippen LogP contribution in [-0.2, 0) is 6.42 Å². The number of aliphatic hydroxyl groups is 1. The summed E-state index contributed by atoms with van der Waals surface area (Å²) in [5.41, 5.74) is 0. The van der Waals surface area contributed by atoms with Crippen LogP contribution in [0.5, 0.6) is 0 Å². The van der Waals surface area contributed by atoms with Gasteiger partial charge in [-0.3, -0.25) is 0 Å². The molecule has 2 rings (SSSR count). The molecule has 0 aromatic carbocycles. The molecule has 2 atom stereocenters. The standard InChI is InChI=1S/C13H21NO2/c15-13-7-3-1-2-6-12(13)14-9-8-11-5-4-10-16-11/h4-5,10,12-15H,1-3,6-9H2. The Hall–Kier alpha value is -0.800. The molecule has 0 radical (unpaired) electrons. The highest BCUT2D eigenvalue weighted by atomic mass is 16.3. The van der Waals surface area contributed by atoms with E-state index < -0.39 is 0 Å². The first kappa shape index (κ1) is 11.7. The van der Waals surface area contributed by atoms with Crippen molar-refractivity contribution in [2.24, 2.45) is 0 Å². The van der Waals surface area contributed by atoms with Gasteiger partial charge >= 0.3 is 0 Å². The van der Waals surface area contributed by atoms with Crippen molar-refractivity contribution in [3.05, 3.63) is 24.2 Å². The molecule has 0 spiro atoms. The van der Waals surface area contributed by atoms with Crippen LogP contribution < -0.4 is 5.32 Å². The molecule has 1 aromatic rings. The van der Waals surface area contributed by atoms with Gasteiger partial charge in [0, 0.05) is 19.0 Å². The molecule has 0 amide bonds. The van der Waals surface area contributed by atoms with E-state index in [1.165, 1.54) is 12.8 Å². The van der Waals surface area contributed by atoms with Crippen LogP contribution in [0.1, 0.15) is 37.9 Å². The fourth-order valence-electron chi connectivity index (χ4n) is 2.36. The van der Waals surface area contributed by atoms with Crippen molar-refractivity contribution in [2.45, 2.75) is 50.7 Å². The first-order valence-electron chi connectivity index (χ1n) is 6.30. The van der Waals surface area contributed by atoms with Crippen molar-refractivity contribution in [1.29, 1.82) is 0 Å². The van der Waals surface area contributed by atoms with Crippen molar-refractivity contribution < 1.29 is 9.52 Å². The molecule has 90 valence electrons. The highest BCUT2D eigenvalue weighted by Crippen LogP contribution is 2.17. The highest BCUT2D eigenvalue weighted by Gasteiger charge is 2.20. The lowest BCUT2D eigenvalue weighted by molar-refractivity contribution is 0.120. The Bertz CT molecular complexity index is 284. The van der Waals surface area contributed by atoms with Gasteiger partial charge in [-0.2, -0.15) is 0 Å². The largest absolute Gasteiger partial charge is 0.469 e. The Morgan fingerprint density at radius 2 is 2.19 bits per heavy atom. The zero-order chi connectivity index (χ0) is 11.2. The molecule has 3 nitrogen and oxygen atoms in total. The van der Waals surface area contributed by atoms with E-state index >= 15 is 0 Å². The Morgan fingerprint density at radius 3 is 3.00 bits per heavy atom. The van der Waals surface area contributed by atoms with Crippen LogP contribution >= 0.6 is 0 Å². The second-order valence-corrected chi connectivity index (χ2v) is 4.60. The minimum absolute atomic E-state index is 0.167. The Balaban J connectivity index is 1.71. The lowest BCUT2D eigenvalue weighted by Gasteiger charge is -2.21. The van der Waals surface area contributed by atoms with Crippen molar-refractivity contribution in [2.75, 3.05) is 6.54 Å². The van der Waals surface area contributed by atoms with Gasteiger partial charge in [0.1, 0.15) is 5.76 Å². The zero-order valence-electron chi connectivity index (χ0n) is 9.69. The third-order valence-electron chi connectivity index (χ3n) is 3.34. The van der Waals surface area contributed by atoms with Crippen LogP contribution in [-0.4, -0.2) is 23.8 Å². The molecule has 16 heavy (non-hydrogen) atoms. The predicted molar refractivity (Wildman–Crippen MR) is 63.3 cm³/mol. The lowest BCUT2D eigenvalue weighted by Crippen LogP contribution is -2.40. The van der Waals surface area contributed by atoms with Gasteiger partial charge in [0.2, 0.25) is 0 Å². The second kappa shape index (κ2) is 6.06. The minimum atomic E-state index is -0.167. The molecule has 1 aromatic heterocycles. The van der Waals surface area contributed by atoms with Gasteiger partial charge in [0.25, 0.3) is 0 Å².